The molecule has 0 heterocycles. The monoisotopic (exact) mass is 297 g/mol. The number of carbonyl (C=O) groups is 2. The molecule has 0 saturated heterocycles. The maximum Gasteiger partial charge on any atom is 0.337 e. The van der Waals surface area contributed by atoms with Crippen LogP contribution >= 0.6 is 0 Å². The normalized spacial score (nSPS) is 10.0. The van der Waals surface area contributed by atoms with Gasteiger partial charge in [0.15, 0.2) is 0 Å². The molecule has 0 aliphatic rings. The summed E-state index contributed by atoms with van der Waals surface area (Å²) in [6, 6.07) is 17.2. The molecule has 2 aromatic rings. The SMILES string of the molecule is COC(=O)c1ccc(CN(C=O)CCc2ccccc2)cc1. The van der Waals surface area contributed by atoms with Crippen molar-refractivity contribution in [2.24, 2.45) is 0 Å². The number of amides is 1. The third-order valence-electron chi connectivity index (χ3n) is 3.44. The number of hydrogen-bond donors (Lipinski definition) is 0. The van der Waals surface area contributed by atoms with Crippen molar-refractivity contribution in [3.63, 3.8) is 0 Å². The lowest BCUT2D eigenvalue weighted by Gasteiger charge is -2.17. The van der Waals surface area contributed by atoms with Gasteiger partial charge in [-0.1, -0.05) is 42.5 Å². The molecule has 0 radical (unpaired) electrons. The van der Waals surface area contributed by atoms with Gasteiger partial charge in [0, 0.05) is 13.1 Å². The highest BCUT2D eigenvalue weighted by Crippen LogP contribution is 2.09. The second-order valence-corrected chi connectivity index (χ2v) is 5.00. The molecule has 114 valence electrons. The Labute approximate surface area is 130 Å². The largest absolute Gasteiger partial charge is 0.465 e. The fraction of sp³-hybridized carbons (Fsp3) is 0.222. The number of benzene rings is 2. The molecule has 0 fully saturated rings. The van der Waals surface area contributed by atoms with Crippen LogP contribution in [0.25, 0.3) is 0 Å². The highest BCUT2D eigenvalue weighted by atomic mass is 16.5. The molecule has 0 bridgehead atoms. The maximum absolute atomic E-state index is 11.4. The topological polar surface area (TPSA) is 46.6 Å². The van der Waals surface area contributed by atoms with Crippen molar-refractivity contribution in [3.05, 3.63) is 71.3 Å². The number of carbonyl (C=O) groups excluding carboxylic acids is 2. The Bertz CT molecular complexity index is 608. The van der Waals surface area contributed by atoms with Crippen LogP contribution in [-0.4, -0.2) is 30.9 Å². The molecule has 0 unspecified atom stereocenters. The smallest absolute Gasteiger partial charge is 0.337 e. The highest BCUT2D eigenvalue weighted by molar-refractivity contribution is 5.89. The molecule has 22 heavy (non-hydrogen) atoms. The number of ether oxygens (including phenoxy) is 1. The lowest BCUT2D eigenvalue weighted by molar-refractivity contribution is -0.118. The van der Waals surface area contributed by atoms with Crippen molar-refractivity contribution in [1.82, 2.24) is 4.90 Å². The number of esters is 1. The summed E-state index contributed by atoms with van der Waals surface area (Å²) in [4.78, 5) is 24.3. The summed E-state index contributed by atoms with van der Waals surface area (Å²) in [5.74, 6) is -0.358. The third kappa shape index (κ3) is 4.45. The Morgan fingerprint density at radius 3 is 2.32 bits per heavy atom. The van der Waals surface area contributed by atoms with Crippen molar-refractivity contribution in [2.75, 3.05) is 13.7 Å². The van der Waals surface area contributed by atoms with Gasteiger partial charge in [-0.25, -0.2) is 4.79 Å². The summed E-state index contributed by atoms with van der Waals surface area (Å²) in [5.41, 5.74) is 2.69. The van der Waals surface area contributed by atoms with Crippen molar-refractivity contribution >= 4 is 12.4 Å². The molecule has 0 aliphatic carbocycles. The van der Waals surface area contributed by atoms with Gasteiger partial charge in [0.2, 0.25) is 6.41 Å². The van der Waals surface area contributed by atoms with E-state index >= 15 is 0 Å². The quantitative estimate of drug-likeness (QED) is 0.583. The number of methoxy groups -OCH3 is 1. The second kappa shape index (κ2) is 7.98. The van der Waals surface area contributed by atoms with E-state index in [-0.39, 0.29) is 5.97 Å². The predicted molar refractivity (Wildman–Crippen MR) is 84.4 cm³/mol. The third-order valence-corrected chi connectivity index (χ3v) is 3.44. The zero-order valence-corrected chi connectivity index (χ0v) is 12.6. The first-order chi connectivity index (χ1) is 10.7. The Morgan fingerprint density at radius 2 is 1.73 bits per heavy atom. The Hall–Kier alpha value is -2.62. The van der Waals surface area contributed by atoms with Crippen LogP contribution in [0.5, 0.6) is 0 Å². The van der Waals surface area contributed by atoms with Crippen LogP contribution in [0.3, 0.4) is 0 Å². The molecular weight excluding hydrogens is 278 g/mol. The van der Waals surface area contributed by atoms with Gasteiger partial charge in [-0.2, -0.15) is 0 Å². The number of nitrogens with zero attached hydrogens (tertiary/aromatic N) is 1. The Balaban J connectivity index is 1.92. The van der Waals surface area contributed by atoms with Gasteiger partial charge in [0.1, 0.15) is 0 Å². The van der Waals surface area contributed by atoms with E-state index in [9.17, 15) is 9.59 Å². The van der Waals surface area contributed by atoms with Crippen molar-refractivity contribution < 1.29 is 14.3 Å². The molecule has 1 amide bonds. The van der Waals surface area contributed by atoms with E-state index in [2.05, 4.69) is 4.74 Å². The predicted octanol–water partition coefficient (Wildman–Crippen LogP) is 2.67. The molecule has 2 aromatic carbocycles. The zero-order chi connectivity index (χ0) is 15.8. The summed E-state index contributed by atoms with van der Waals surface area (Å²) >= 11 is 0. The number of hydrogen-bond acceptors (Lipinski definition) is 3. The summed E-state index contributed by atoms with van der Waals surface area (Å²) in [7, 11) is 1.36. The molecule has 0 spiro atoms. The van der Waals surface area contributed by atoms with Crippen LogP contribution in [0, 0.1) is 0 Å². The van der Waals surface area contributed by atoms with Gasteiger partial charge in [-0.05, 0) is 29.7 Å². The van der Waals surface area contributed by atoms with Crippen LogP contribution in [0.2, 0.25) is 0 Å². The summed E-state index contributed by atoms with van der Waals surface area (Å²) in [5, 5.41) is 0. The maximum atomic E-state index is 11.4. The molecular formula is C18H19NO3. The van der Waals surface area contributed by atoms with Gasteiger partial charge < -0.3 is 9.64 Å². The van der Waals surface area contributed by atoms with E-state index in [1.807, 2.05) is 42.5 Å². The summed E-state index contributed by atoms with van der Waals surface area (Å²) in [6.45, 7) is 1.18. The fourth-order valence-corrected chi connectivity index (χ4v) is 2.19. The molecule has 4 nitrogen and oxygen atoms in total. The summed E-state index contributed by atoms with van der Waals surface area (Å²) in [6.07, 6.45) is 1.68. The Kier molecular flexibility index (Phi) is 5.72. The first-order valence-electron chi connectivity index (χ1n) is 7.13. The zero-order valence-electron chi connectivity index (χ0n) is 12.6. The van der Waals surface area contributed by atoms with Crippen molar-refractivity contribution in [1.29, 1.82) is 0 Å². The lowest BCUT2D eigenvalue weighted by atomic mass is 10.1. The first-order valence-corrected chi connectivity index (χ1v) is 7.13. The average Bonchev–Trinajstić information content (AvgIpc) is 2.59. The van der Waals surface area contributed by atoms with Crippen LogP contribution < -0.4 is 0 Å². The molecule has 0 atom stereocenters. The van der Waals surface area contributed by atoms with Gasteiger partial charge in [-0.3, -0.25) is 4.79 Å². The minimum Gasteiger partial charge on any atom is -0.465 e. The molecule has 4 heteroatoms. The standard InChI is InChI=1S/C18H19NO3/c1-22-18(21)17-9-7-16(8-10-17)13-19(14-20)12-11-15-5-3-2-4-6-15/h2-10,14H,11-13H2,1H3. The second-order valence-electron chi connectivity index (χ2n) is 5.00. The molecule has 0 aliphatic heterocycles. The lowest BCUT2D eigenvalue weighted by Crippen LogP contribution is -2.24. The molecule has 0 N–H and O–H groups in total. The van der Waals surface area contributed by atoms with E-state index in [1.54, 1.807) is 17.0 Å². The minimum absolute atomic E-state index is 0.358. The average molecular weight is 297 g/mol. The minimum atomic E-state index is -0.358. The summed E-state index contributed by atoms with van der Waals surface area (Å²) < 4.78 is 4.66. The van der Waals surface area contributed by atoms with E-state index in [0.29, 0.717) is 18.7 Å². The molecule has 0 aromatic heterocycles. The van der Waals surface area contributed by atoms with Gasteiger partial charge >= 0.3 is 5.97 Å². The van der Waals surface area contributed by atoms with Crippen molar-refractivity contribution in [2.45, 2.75) is 13.0 Å². The van der Waals surface area contributed by atoms with E-state index in [1.165, 1.54) is 12.7 Å². The van der Waals surface area contributed by atoms with Crippen LogP contribution in [0.15, 0.2) is 54.6 Å². The van der Waals surface area contributed by atoms with E-state index in [0.717, 1.165) is 18.4 Å². The van der Waals surface area contributed by atoms with Crippen LogP contribution in [-0.2, 0) is 22.5 Å². The van der Waals surface area contributed by atoms with Crippen LogP contribution in [0.1, 0.15) is 21.5 Å². The number of rotatable bonds is 7. The molecule has 2 rings (SSSR count). The van der Waals surface area contributed by atoms with E-state index < -0.39 is 0 Å². The van der Waals surface area contributed by atoms with Crippen LogP contribution in [0.4, 0.5) is 0 Å². The highest BCUT2D eigenvalue weighted by Gasteiger charge is 2.07. The van der Waals surface area contributed by atoms with E-state index in [4.69, 9.17) is 0 Å². The van der Waals surface area contributed by atoms with Crippen molar-refractivity contribution in [3.8, 4) is 0 Å². The van der Waals surface area contributed by atoms with Gasteiger partial charge in [0.25, 0.3) is 0 Å². The van der Waals surface area contributed by atoms with Gasteiger partial charge in [-0.15, -0.1) is 0 Å². The van der Waals surface area contributed by atoms with Gasteiger partial charge in [0.05, 0.1) is 12.7 Å². The fourth-order valence-electron chi connectivity index (χ4n) is 2.19. The molecule has 0 saturated carbocycles. The first kappa shape index (κ1) is 15.8. The Morgan fingerprint density at radius 1 is 1.05 bits per heavy atom.